The van der Waals surface area contributed by atoms with E-state index in [4.69, 9.17) is 0 Å². The summed E-state index contributed by atoms with van der Waals surface area (Å²) in [5.74, 6) is 0.478. The highest BCUT2D eigenvalue weighted by molar-refractivity contribution is 5.83. The Balaban J connectivity index is 1.86. The molecule has 0 fully saturated rings. The van der Waals surface area contributed by atoms with E-state index in [0.29, 0.717) is 11.9 Å². The zero-order valence-electron chi connectivity index (χ0n) is 12.0. The Morgan fingerprint density at radius 3 is 2.86 bits per heavy atom. The first-order valence-electron chi connectivity index (χ1n) is 6.87. The number of para-hydroxylation sites is 1. The topological polar surface area (TPSA) is 54.5 Å². The van der Waals surface area contributed by atoms with Gasteiger partial charge in [-0.3, -0.25) is 5.32 Å². The van der Waals surface area contributed by atoms with Crippen LogP contribution in [0, 0.1) is 0 Å². The molecule has 1 atom stereocenters. The third-order valence-corrected chi connectivity index (χ3v) is 3.65. The van der Waals surface area contributed by atoms with Crippen molar-refractivity contribution in [1.82, 2.24) is 4.98 Å². The first-order valence-corrected chi connectivity index (χ1v) is 6.87. The number of rotatable bonds is 2. The lowest BCUT2D eigenvalue weighted by Gasteiger charge is -2.24. The third kappa shape index (κ3) is 2.54. The number of ether oxygens (including phenoxy) is 1. The van der Waals surface area contributed by atoms with Crippen molar-refractivity contribution in [3.63, 3.8) is 0 Å². The summed E-state index contributed by atoms with van der Waals surface area (Å²) in [5, 5.41) is 2.55. The van der Waals surface area contributed by atoms with E-state index in [1.807, 2.05) is 12.1 Å². The number of carbonyl (C=O) groups excluding carboxylic acids is 1. The highest BCUT2D eigenvalue weighted by atomic mass is 16.5. The highest BCUT2D eigenvalue weighted by Crippen LogP contribution is 2.37. The normalized spacial score (nSPS) is 16.5. The largest absolute Gasteiger partial charge is 0.453 e. The van der Waals surface area contributed by atoms with E-state index in [1.54, 1.807) is 12.3 Å². The van der Waals surface area contributed by atoms with E-state index in [1.165, 1.54) is 18.4 Å². The zero-order valence-corrected chi connectivity index (χ0v) is 12.0. The maximum Gasteiger partial charge on any atom is 0.412 e. The van der Waals surface area contributed by atoms with E-state index < -0.39 is 6.09 Å². The van der Waals surface area contributed by atoms with Gasteiger partial charge in [-0.2, -0.15) is 0 Å². The van der Waals surface area contributed by atoms with Gasteiger partial charge in [0.05, 0.1) is 19.0 Å². The number of hydrogen-bond acceptors (Lipinski definition) is 4. The van der Waals surface area contributed by atoms with Crippen LogP contribution in [0.25, 0.3) is 0 Å². The van der Waals surface area contributed by atoms with Crippen LogP contribution in [0.3, 0.4) is 0 Å². The molecule has 0 spiro atoms. The summed E-state index contributed by atoms with van der Waals surface area (Å²) in [6.07, 6.45) is 2.28. The lowest BCUT2D eigenvalue weighted by molar-refractivity contribution is 0.187. The number of pyridine rings is 1. The van der Waals surface area contributed by atoms with Crippen molar-refractivity contribution in [2.24, 2.45) is 0 Å². The average molecular weight is 283 g/mol. The molecule has 0 saturated heterocycles. The molecule has 0 bridgehead atoms. The molecule has 0 radical (unpaired) electrons. The van der Waals surface area contributed by atoms with Crippen molar-refractivity contribution < 1.29 is 9.53 Å². The van der Waals surface area contributed by atoms with Crippen LogP contribution < -0.4 is 10.2 Å². The summed E-state index contributed by atoms with van der Waals surface area (Å²) in [6, 6.07) is 12.5. The quantitative estimate of drug-likeness (QED) is 0.918. The second kappa shape index (κ2) is 5.44. The van der Waals surface area contributed by atoms with Crippen LogP contribution in [0.4, 0.5) is 22.0 Å². The predicted octanol–water partition coefficient (Wildman–Crippen LogP) is 3.34. The minimum absolute atomic E-state index is 0.392. The number of nitrogens with zero attached hydrogens (tertiary/aromatic N) is 2. The first-order chi connectivity index (χ1) is 10.2. The Kier molecular flexibility index (Phi) is 3.48. The standard InChI is InChI=1S/C16H17N3O2/c1-11-9-12-5-3-4-6-14(12)19(11)13-7-8-15(17-10-13)18-16(20)21-2/h3-8,10-11H,9H2,1-2H3,(H,17,18,20). The molecular weight excluding hydrogens is 266 g/mol. The fourth-order valence-corrected chi connectivity index (χ4v) is 2.72. The molecule has 1 unspecified atom stereocenters. The van der Waals surface area contributed by atoms with Crippen LogP contribution in [0.2, 0.25) is 0 Å². The second-order valence-corrected chi connectivity index (χ2v) is 5.07. The SMILES string of the molecule is COC(=O)Nc1ccc(N2c3ccccc3CC2C)cn1. The second-order valence-electron chi connectivity index (χ2n) is 5.07. The van der Waals surface area contributed by atoms with Crippen LogP contribution in [-0.2, 0) is 11.2 Å². The van der Waals surface area contributed by atoms with E-state index in [0.717, 1.165) is 12.1 Å². The van der Waals surface area contributed by atoms with Crippen molar-refractivity contribution in [3.8, 4) is 0 Å². The number of nitrogens with one attached hydrogen (secondary N) is 1. The summed E-state index contributed by atoms with van der Waals surface area (Å²) in [4.78, 5) is 17.7. The Bertz CT molecular complexity index is 655. The van der Waals surface area contributed by atoms with E-state index in [-0.39, 0.29) is 0 Å². The van der Waals surface area contributed by atoms with Gasteiger partial charge >= 0.3 is 6.09 Å². The molecule has 2 heterocycles. The molecule has 1 aromatic heterocycles. The van der Waals surface area contributed by atoms with Crippen LogP contribution in [0.1, 0.15) is 12.5 Å². The van der Waals surface area contributed by atoms with Gasteiger partial charge in [0.1, 0.15) is 5.82 Å². The number of fused-ring (bicyclic) bond motifs is 1. The number of carbonyl (C=O) groups is 1. The van der Waals surface area contributed by atoms with Crippen LogP contribution >= 0.6 is 0 Å². The van der Waals surface area contributed by atoms with E-state index in [2.05, 4.69) is 45.1 Å². The molecule has 108 valence electrons. The van der Waals surface area contributed by atoms with Crippen molar-refractivity contribution in [3.05, 3.63) is 48.2 Å². The Morgan fingerprint density at radius 1 is 1.33 bits per heavy atom. The summed E-state index contributed by atoms with van der Waals surface area (Å²) in [6.45, 7) is 2.20. The smallest absolute Gasteiger partial charge is 0.412 e. The molecule has 1 aliphatic heterocycles. The number of methoxy groups -OCH3 is 1. The fraction of sp³-hybridized carbons (Fsp3) is 0.250. The van der Waals surface area contributed by atoms with Crippen molar-refractivity contribution in [2.75, 3.05) is 17.3 Å². The Hall–Kier alpha value is -2.56. The van der Waals surface area contributed by atoms with Gasteiger partial charge < -0.3 is 9.64 Å². The van der Waals surface area contributed by atoms with E-state index in [9.17, 15) is 4.79 Å². The summed E-state index contributed by atoms with van der Waals surface area (Å²) < 4.78 is 4.55. The summed E-state index contributed by atoms with van der Waals surface area (Å²) in [5.41, 5.74) is 3.59. The molecule has 1 N–H and O–H groups in total. The molecular formula is C16H17N3O2. The van der Waals surface area contributed by atoms with Gasteiger partial charge in [-0.05, 0) is 37.1 Å². The van der Waals surface area contributed by atoms with Crippen LogP contribution in [0.15, 0.2) is 42.6 Å². The highest BCUT2D eigenvalue weighted by Gasteiger charge is 2.26. The molecule has 5 nitrogen and oxygen atoms in total. The Morgan fingerprint density at radius 2 is 2.14 bits per heavy atom. The molecule has 3 rings (SSSR count). The number of aromatic nitrogens is 1. The Labute approximate surface area is 123 Å². The number of benzene rings is 1. The molecule has 1 aliphatic rings. The number of hydrogen-bond donors (Lipinski definition) is 1. The van der Waals surface area contributed by atoms with Gasteiger partial charge in [-0.25, -0.2) is 9.78 Å². The molecule has 0 aliphatic carbocycles. The van der Waals surface area contributed by atoms with Gasteiger partial charge in [0.2, 0.25) is 0 Å². The summed E-state index contributed by atoms with van der Waals surface area (Å²) >= 11 is 0. The van der Waals surface area contributed by atoms with Crippen LogP contribution in [0.5, 0.6) is 0 Å². The minimum Gasteiger partial charge on any atom is -0.453 e. The first kappa shape index (κ1) is 13.4. The molecule has 21 heavy (non-hydrogen) atoms. The molecule has 1 aromatic carbocycles. The monoisotopic (exact) mass is 283 g/mol. The zero-order chi connectivity index (χ0) is 14.8. The summed E-state index contributed by atoms with van der Waals surface area (Å²) in [7, 11) is 1.33. The van der Waals surface area contributed by atoms with Crippen LogP contribution in [-0.4, -0.2) is 24.2 Å². The van der Waals surface area contributed by atoms with Crippen molar-refractivity contribution in [1.29, 1.82) is 0 Å². The average Bonchev–Trinajstić information content (AvgIpc) is 2.84. The molecule has 5 heteroatoms. The number of anilines is 3. The van der Waals surface area contributed by atoms with Gasteiger partial charge in [0.15, 0.2) is 0 Å². The minimum atomic E-state index is -0.518. The van der Waals surface area contributed by atoms with Gasteiger partial charge in [-0.1, -0.05) is 18.2 Å². The van der Waals surface area contributed by atoms with Gasteiger partial charge in [-0.15, -0.1) is 0 Å². The third-order valence-electron chi connectivity index (χ3n) is 3.65. The van der Waals surface area contributed by atoms with Crippen molar-refractivity contribution >= 4 is 23.3 Å². The molecule has 1 amide bonds. The van der Waals surface area contributed by atoms with Gasteiger partial charge in [0.25, 0.3) is 0 Å². The lowest BCUT2D eigenvalue weighted by atomic mass is 10.1. The van der Waals surface area contributed by atoms with Gasteiger partial charge in [0, 0.05) is 11.7 Å². The number of amides is 1. The van der Waals surface area contributed by atoms with E-state index >= 15 is 0 Å². The predicted molar refractivity (Wildman–Crippen MR) is 82.0 cm³/mol. The maximum atomic E-state index is 11.2. The molecule has 0 saturated carbocycles. The van der Waals surface area contributed by atoms with Crippen molar-refractivity contribution in [2.45, 2.75) is 19.4 Å². The lowest BCUT2D eigenvalue weighted by Crippen LogP contribution is -2.24. The molecule has 2 aromatic rings. The maximum absolute atomic E-state index is 11.2. The fourth-order valence-electron chi connectivity index (χ4n) is 2.72.